The first-order valence-corrected chi connectivity index (χ1v) is 14.7. The van der Waals surface area contributed by atoms with E-state index in [4.69, 9.17) is 32.6 Å². The molecule has 2 aliphatic heterocycles. The predicted molar refractivity (Wildman–Crippen MR) is 164 cm³/mol. The van der Waals surface area contributed by atoms with E-state index in [0.29, 0.717) is 31.5 Å². The average Bonchev–Trinajstić information content (AvgIpc) is 3.60. The Morgan fingerprint density at radius 3 is 2.49 bits per heavy atom. The SMILES string of the molecule is O=C1c2oc3ccc(F)cc3c(=O)c2C2(C(=O)N(Cc3ccc(Cl)cc3)c3ccccc32)N1c1nc2ccc(Cl)cc2s1. The first-order chi connectivity index (χ1) is 20.8. The molecule has 0 aliphatic carbocycles. The lowest BCUT2D eigenvalue weighted by atomic mass is 9.84. The molecule has 0 saturated carbocycles. The van der Waals surface area contributed by atoms with Gasteiger partial charge in [0.1, 0.15) is 11.4 Å². The van der Waals surface area contributed by atoms with Crippen LogP contribution in [0.25, 0.3) is 21.2 Å². The fourth-order valence-electron chi connectivity index (χ4n) is 6.05. The van der Waals surface area contributed by atoms with E-state index in [0.717, 1.165) is 29.0 Å². The third kappa shape index (κ3) is 3.59. The second-order valence-electron chi connectivity index (χ2n) is 10.3. The zero-order valence-corrected chi connectivity index (χ0v) is 24.1. The van der Waals surface area contributed by atoms with Gasteiger partial charge < -0.3 is 9.32 Å². The first-order valence-electron chi connectivity index (χ1n) is 13.1. The summed E-state index contributed by atoms with van der Waals surface area (Å²) >= 11 is 13.5. The van der Waals surface area contributed by atoms with E-state index in [2.05, 4.69) is 0 Å². The Labute approximate surface area is 256 Å². The van der Waals surface area contributed by atoms with Gasteiger partial charge in [-0.2, -0.15) is 0 Å². The molecule has 0 fully saturated rings. The van der Waals surface area contributed by atoms with Crippen LogP contribution < -0.4 is 15.2 Å². The Kier molecular flexibility index (Phi) is 5.59. The Bertz CT molecular complexity index is 2250. The van der Waals surface area contributed by atoms with Gasteiger partial charge >= 0.3 is 0 Å². The Hall–Kier alpha value is -4.57. The molecule has 2 amide bonds. The van der Waals surface area contributed by atoms with Crippen molar-refractivity contribution in [1.29, 1.82) is 0 Å². The highest BCUT2D eigenvalue weighted by Gasteiger charge is 2.66. The van der Waals surface area contributed by atoms with Gasteiger partial charge in [0.05, 0.1) is 33.4 Å². The standard InChI is InChI=1S/C32H16Cl2FN3O4S/c33-17-7-5-16(6-8-17)15-37-23-4-2-1-3-21(23)32(30(37)41)26-27(39)20-14-19(35)10-12-24(20)42-28(26)29(40)38(32)31-36-22-11-9-18(34)13-25(22)43-31/h1-14H,15H2. The quantitative estimate of drug-likeness (QED) is 0.206. The van der Waals surface area contributed by atoms with Crippen LogP contribution in [0.3, 0.4) is 0 Å². The number of aromatic nitrogens is 1. The number of anilines is 2. The van der Waals surface area contributed by atoms with Crippen molar-refractivity contribution in [3.05, 3.63) is 133 Å². The number of hydrogen-bond acceptors (Lipinski definition) is 6. The molecular weight excluding hydrogens is 612 g/mol. The van der Waals surface area contributed by atoms with Crippen molar-refractivity contribution in [2.75, 3.05) is 9.80 Å². The average molecular weight is 628 g/mol. The third-order valence-corrected chi connectivity index (χ3v) is 9.36. The number of halogens is 3. The number of thiazole rings is 1. The van der Waals surface area contributed by atoms with Crippen LogP contribution in [0.1, 0.15) is 27.2 Å². The number of hydrogen-bond donors (Lipinski definition) is 0. The van der Waals surface area contributed by atoms with Crippen LogP contribution in [0.2, 0.25) is 10.0 Å². The number of amides is 2. The summed E-state index contributed by atoms with van der Waals surface area (Å²) < 4.78 is 21.1. The van der Waals surface area contributed by atoms with Crippen molar-refractivity contribution in [2.45, 2.75) is 12.1 Å². The van der Waals surface area contributed by atoms with Crippen molar-refractivity contribution in [3.8, 4) is 0 Å². The van der Waals surface area contributed by atoms with Gasteiger partial charge in [-0.25, -0.2) is 9.37 Å². The van der Waals surface area contributed by atoms with Gasteiger partial charge in [0.25, 0.3) is 11.8 Å². The Balaban J connectivity index is 1.45. The lowest BCUT2D eigenvalue weighted by Gasteiger charge is -2.32. The molecule has 1 atom stereocenters. The molecule has 210 valence electrons. The third-order valence-electron chi connectivity index (χ3n) is 7.87. The summed E-state index contributed by atoms with van der Waals surface area (Å²) in [5, 5.41) is 1.13. The Morgan fingerprint density at radius 1 is 0.907 bits per heavy atom. The summed E-state index contributed by atoms with van der Waals surface area (Å²) in [5.41, 5.74) is -0.528. The highest BCUT2D eigenvalue weighted by atomic mass is 35.5. The number of benzene rings is 4. The molecule has 11 heteroatoms. The highest BCUT2D eigenvalue weighted by molar-refractivity contribution is 7.22. The van der Waals surface area contributed by atoms with Crippen molar-refractivity contribution in [3.63, 3.8) is 0 Å². The second-order valence-corrected chi connectivity index (χ2v) is 12.2. The van der Waals surface area contributed by atoms with Crippen LogP contribution in [-0.4, -0.2) is 16.8 Å². The number of rotatable bonds is 3. The second kappa shape index (κ2) is 9.21. The van der Waals surface area contributed by atoms with Crippen LogP contribution in [-0.2, 0) is 16.9 Å². The van der Waals surface area contributed by atoms with E-state index in [1.54, 1.807) is 66.7 Å². The van der Waals surface area contributed by atoms with E-state index >= 15 is 0 Å². The summed E-state index contributed by atoms with van der Waals surface area (Å²) in [4.78, 5) is 51.2. The van der Waals surface area contributed by atoms with Gasteiger partial charge in [0, 0.05) is 15.6 Å². The van der Waals surface area contributed by atoms with Crippen LogP contribution in [0.5, 0.6) is 0 Å². The normalized spacial score (nSPS) is 17.5. The van der Waals surface area contributed by atoms with E-state index < -0.39 is 28.6 Å². The molecule has 0 bridgehead atoms. The zero-order valence-electron chi connectivity index (χ0n) is 21.8. The lowest BCUT2D eigenvalue weighted by molar-refractivity contribution is -0.121. The van der Waals surface area contributed by atoms with Gasteiger partial charge in [0.15, 0.2) is 16.1 Å². The smallest absolute Gasteiger partial charge is 0.297 e. The van der Waals surface area contributed by atoms with E-state index in [-0.39, 0.29) is 34.0 Å². The monoisotopic (exact) mass is 627 g/mol. The van der Waals surface area contributed by atoms with Gasteiger partial charge in [-0.1, -0.05) is 64.9 Å². The summed E-state index contributed by atoms with van der Waals surface area (Å²) in [7, 11) is 0. The van der Waals surface area contributed by atoms with Gasteiger partial charge in [-0.3, -0.25) is 19.3 Å². The van der Waals surface area contributed by atoms with Gasteiger partial charge in [0.2, 0.25) is 5.76 Å². The molecule has 4 aromatic carbocycles. The minimum absolute atomic E-state index is 0.0309. The first kappa shape index (κ1) is 26.1. The topological polar surface area (TPSA) is 83.7 Å². The summed E-state index contributed by atoms with van der Waals surface area (Å²) in [5.74, 6) is -2.20. The predicted octanol–water partition coefficient (Wildman–Crippen LogP) is 7.30. The number of para-hydroxylation sites is 1. The van der Waals surface area contributed by atoms with Crippen LogP contribution in [0.15, 0.2) is 94.1 Å². The molecule has 7 nitrogen and oxygen atoms in total. The number of carbonyl (C=O) groups excluding carboxylic acids is 2. The number of fused-ring (bicyclic) bond motifs is 6. The van der Waals surface area contributed by atoms with Crippen molar-refractivity contribution < 1.29 is 18.4 Å². The van der Waals surface area contributed by atoms with Crippen LogP contribution in [0, 0.1) is 5.82 Å². The zero-order chi connectivity index (χ0) is 29.6. The van der Waals surface area contributed by atoms with E-state index in [9.17, 15) is 18.8 Å². The molecule has 1 unspecified atom stereocenters. The summed E-state index contributed by atoms with van der Waals surface area (Å²) in [6, 6.07) is 22.7. The largest absolute Gasteiger partial charge is 0.450 e. The van der Waals surface area contributed by atoms with Crippen molar-refractivity contribution in [1.82, 2.24) is 4.98 Å². The number of carbonyl (C=O) groups is 2. The molecule has 2 aromatic heterocycles. The number of nitrogens with zero attached hydrogens (tertiary/aromatic N) is 3. The highest BCUT2D eigenvalue weighted by Crippen LogP contribution is 2.55. The molecule has 6 aromatic rings. The maximum absolute atomic E-state index is 15.0. The van der Waals surface area contributed by atoms with Gasteiger partial charge in [-0.05, 0) is 60.2 Å². The molecular formula is C32H16Cl2FN3O4S. The molecule has 1 spiro atoms. The van der Waals surface area contributed by atoms with Gasteiger partial charge in [-0.15, -0.1) is 0 Å². The molecule has 4 heterocycles. The fraction of sp³-hybridized carbons (Fsp3) is 0.0625. The molecule has 0 N–H and O–H groups in total. The molecule has 8 rings (SSSR count). The van der Waals surface area contributed by atoms with Crippen LogP contribution >= 0.6 is 34.5 Å². The van der Waals surface area contributed by atoms with Crippen LogP contribution in [0.4, 0.5) is 15.2 Å². The molecule has 43 heavy (non-hydrogen) atoms. The maximum Gasteiger partial charge on any atom is 0.297 e. The summed E-state index contributed by atoms with van der Waals surface area (Å²) in [6.07, 6.45) is 0. The van der Waals surface area contributed by atoms with Crippen molar-refractivity contribution >= 4 is 78.4 Å². The fourth-order valence-corrected chi connectivity index (χ4v) is 7.47. The summed E-state index contributed by atoms with van der Waals surface area (Å²) in [6.45, 7) is 0.134. The Morgan fingerprint density at radius 2 is 1.67 bits per heavy atom. The molecule has 0 saturated heterocycles. The molecule has 0 radical (unpaired) electrons. The molecule has 2 aliphatic rings. The lowest BCUT2D eigenvalue weighted by Crippen LogP contribution is -2.53. The van der Waals surface area contributed by atoms with E-state index in [1.807, 2.05) is 0 Å². The maximum atomic E-state index is 15.0. The minimum atomic E-state index is -1.96. The minimum Gasteiger partial charge on any atom is -0.450 e. The van der Waals surface area contributed by atoms with E-state index in [1.165, 1.54) is 15.9 Å². The van der Waals surface area contributed by atoms with Crippen molar-refractivity contribution in [2.24, 2.45) is 0 Å².